The lowest BCUT2D eigenvalue weighted by Gasteiger charge is -2.02. The number of non-ortho nitro benzene ring substituents is 1. The number of nitro benzene ring substituents is 1. The summed E-state index contributed by atoms with van der Waals surface area (Å²) in [6.07, 6.45) is 6.55. The fraction of sp³-hybridized carbons (Fsp3) is 0.0833. The molecule has 0 amide bonds. The van der Waals surface area contributed by atoms with Gasteiger partial charge in [-0.25, -0.2) is 4.98 Å². The van der Waals surface area contributed by atoms with Crippen molar-refractivity contribution in [1.29, 1.82) is 0 Å². The van der Waals surface area contributed by atoms with Crippen LogP contribution in [0.4, 0.5) is 5.69 Å². The third-order valence-corrected chi connectivity index (χ3v) is 2.76. The molecule has 2 heterocycles. The zero-order valence-electron chi connectivity index (χ0n) is 9.80. The van der Waals surface area contributed by atoms with Gasteiger partial charge in [0.05, 0.1) is 40.7 Å². The second kappa shape index (κ2) is 4.45. The minimum atomic E-state index is -0.429. The first-order valence-electron chi connectivity index (χ1n) is 5.58. The molecule has 2 aromatic heterocycles. The molecule has 19 heavy (non-hydrogen) atoms. The van der Waals surface area contributed by atoms with Crippen LogP contribution in [0.1, 0.15) is 5.69 Å². The molecule has 3 aromatic rings. The standard InChI is InChI=1S/C12H9N5O2/c18-17(19)10-1-2-12-11(5-10)15-8-16(12)7-9-6-13-3-4-14-9/h1-6,8H,7H2. The van der Waals surface area contributed by atoms with Crippen LogP contribution in [0, 0.1) is 10.1 Å². The number of rotatable bonds is 3. The van der Waals surface area contributed by atoms with Crippen LogP contribution in [0.3, 0.4) is 0 Å². The van der Waals surface area contributed by atoms with E-state index < -0.39 is 4.92 Å². The summed E-state index contributed by atoms with van der Waals surface area (Å²) >= 11 is 0. The van der Waals surface area contributed by atoms with Crippen molar-refractivity contribution < 1.29 is 4.92 Å². The van der Waals surface area contributed by atoms with Gasteiger partial charge in [0.2, 0.25) is 0 Å². The molecule has 0 saturated carbocycles. The van der Waals surface area contributed by atoms with Gasteiger partial charge in [0, 0.05) is 24.5 Å². The maximum Gasteiger partial charge on any atom is 0.271 e. The number of hydrogen-bond donors (Lipinski definition) is 0. The first kappa shape index (κ1) is 11.3. The summed E-state index contributed by atoms with van der Waals surface area (Å²) in [4.78, 5) is 22.6. The Morgan fingerprint density at radius 1 is 1.26 bits per heavy atom. The number of nitrogens with zero attached hydrogens (tertiary/aromatic N) is 5. The Morgan fingerprint density at radius 2 is 2.16 bits per heavy atom. The fourth-order valence-corrected chi connectivity index (χ4v) is 1.88. The third kappa shape index (κ3) is 2.13. The second-order valence-electron chi connectivity index (χ2n) is 4.00. The highest BCUT2D eigenvalue weighted by molar-refractivity contribution is 5.78. The number of aromatic nitrogens is 4. The van der Waals surface area contributed by atoms with Crippen LogP contribution in [0.25, 0.3) is 11.0 Å². The lowest BCUT2D eigenvalue weighted by atomic mass is 10.3. The van der Waals surface area contributed by atoms with Gasteiger partial charge in [0.15, 0.2) is 0 Å². The molecule has 0 atom stereocenters. The van der Waals surface area contributed by atoms with E-state index >= 15 is 0 Å². The monoisotopic (exact) mass is 255 g/mol. The first-order valence-corrected chi connectivity index (χ1v) is 5.58. The van der Waals surface area contributed by atoms with Gasteiger partial charge in [-0.05, 0) is 6.07 Å². The predicted octanol–water partition coefficient (Wildman–Crippen LogP) is 1.78. The lowest BCUT2D eigenvalue weighted by Crippen LogP contribution is -2.00. The molecule has 1 aromatic carbocycles. The van der Waals surface area contributed by atoms with Crippen LogP contribution in [-0.2, 0) is 6.54 Å². The van der Waals surface area contributed by atoms with Crippen molar-refractivity contribution in [2.45, 2.75) is 6.54 Å². The minimum Gasteiger partial charge on any atom is -0.324 e. The maximum atomic E-state index is 10.7. The number of benzene rings is 1. The molecule has 0 N–H and O–H groups in total. The summed E-state index contributed by atoms with van der Waals surface area (Å²) in [6, 6.07) is 4.62. The quantitative estimate of drug-likeness (QED) is 0.526. The van der Waals surface area contributed by atoms with Gasteiger partial charge in [-0.2, -0.15) is 0 Å². The third-order valence-electron chi connectivity index (χ3n) is 2.76. The van der Waals surface area contributed by atoms with Crippen molar-refractivity contribution in [2.75, 3.05) is 0 Å². The fourth-order valence-electron chi connectivity index (χ4n) is 1.88. The van der Waals surface area contributed by atoms with E-state index in [0.29, 0.717) is 12.1 Å². The highest BCUT2D eigenvalue weighted by atomic mass is 16.6. The summed E-state index contributed by atoms with van der Waals surface area (Å²) in [7, 11) is 0. The van der Waals surface area contributed by atoms with Gasteiger partial charge in [-0.3, -0.25) is 20.1 Å². The predicted molar refractivity (Wildman–Crippen MR) is 67.5 cm³/mol. The Balaban J connectivity index is 1.99. The van der Waals surface area contributed by atoms with Crippen LogP contribution in [-0.4, -0.2) is 24.4 Å². The molecule has 0 bridgehead atoms. The Hall–Kier alpha value is -2.83. The van der Waals surface area contributed by atoms with E-state index in [2.05, 4.69) is 15.0 Å². The summed E-state index contributed by atoms with van der Waals surface area (Å²) in [5, 5.41) is 10.7. The number of fused-ring (bicyclic) bond motifs is 1. The molecule has 0 aliphatic rings. The number of hydrogen-bond acceptors (Lipinski definition) is 5. The molecule has 0 unspecified atom stereocenters. The van der Waals surface area contributed by atoms with Gasteiger partial charge in [0.25, 0.3) is 5.69 Å². The Labute approximate surface area is 107 Å². The molecule has 0 spiro atoms. The number of nitro groups is 1. The smallest absolute Gasteiger partial charge is 0.271 e. The molecule has 7 heteroatoms. The van der Waals surface area contributed by atoms with E-state index in [0.717, 1.165) is 11.2 Å². The average molecular weight is 255 g/mol. The maximum absolute atomic E-state index is 10.7. The summed E-state index contributed by atoms with van der Waals surface area (Å²) < 4.78 is 1.88. The van der Waals surface area contributed by atoms with E-state index in [1.165, 1.54) is 12.1 Å². The molecule has 7 nitrogen and oxygen atoms in total. The first-order chi connectivity index (χ1) is 9.24. The highest BCUT2D eigenvalue weighted by Crippen LogP contribution is 2.20. The van der Waals surface area contributed by atoms with Gasteiger partial charge in [-0.1, -0.05) is 0 Å². The molecular formula is C12H9N5O2. The van der Waals surface area contributed by atoms with Crippen LogP contribution >= 0.6 is 0 Å². The summed E-state index contributed by atoms with van der Waals surface area (Å²) in [6.45, 7) is 0.530. The topological polar surface area (TPSA) is 86.7 Å². The Bertz CT molecular complexity index is 738. The zero-order chi connectivity index (χ0) is 13.2. The molecule has 0 saturated heterocycles. The normalized spacial score (nSPS) is 10.7. The second-order valence-corrected chi connectivity index (χ2v) is 4.00. The van der Waals surface area contributed by atoms with Gasteiger partial charge < -0.3 is 4.57 Å². The van der Waals surface area contributed by atoms with Crippen LogP contribution < -0.4 is 0 Å². The zero-order valence-corrected chi connectivity index (χ0v) is 9.80. The number of imidazole rings is 1. The lowest BCUT2D eigenvalue weighted by molar-refractivity contribution is -0.384. The minimum absolute atomic E-state index is 0.0391. The molecule has 3 rings (SSSR count). The summed E-state index contributed by atoms with van der Waals surface area (Å²) in [5.74, 6) is 0. The van der Waals surface area contributed by atoms with E-state index in [9.17, 15) is 10.1 Å². The van der Waals surface area contributed by atoms with Gasteiger partial charge in [0.1, 0.15) is 0 Å². The van der Waals surface area contributed by atoms with Crippen LogP contribution in [0.5, 0.6) is 0 Å². The van der Waals surface area contributed by atoms with E-state index in [4.69, 9.17) is 0 Å². The molecular weight excluding hydrogens is 246 g/mol. The molecule has 0 aliphatic carbocycles. The van der Waals surface area contributed by atoms with Gasteiger partial charge in [-0.15, -0.1) is 0 Å². The van der Waals surface area contributed by atoms with Crippen molar-refractivity contribution in [3.8, 4) is 0 Å². The van der Waals surface area contributed by atoms with Crippen molar-refractivity contribution in [3.63, 3.8) is 0 Å². The van der Waals surface area contributed by atoms with Crippen LogP contribution in [0.15, 0.2) is 43.1 Å². The summed E-state index contributed by atoms with van der Waals surface area (Å²) in [5.41, 5.74) is 2.27. The molecule has 0 radical (unpaired) electrons. The molecule has 94 valence electrons. The van der Waals surface area contributed by atoms with Crippen molar-refractivity contribution in [3.05, 3.63) is 58.9 Å². The highest BCUT2D eigenvalue weighted by Gasteiger charge is 2.10. The molecule has 0 aliphatic heterocycles. The average Bonchev–Trinajstić information content (AvgIpc) is 2.82. The van der Waals surface area contributed by atoms with E-state index in [1.54, 1.807) is 31.0 Å². The SMILES string of the molecule is O=[N+]([O-])c1ccc2c(c1)ncn2Cc1cnccn1. The Morgan fingerprint density at radius 3 is 2.89 bits per heavy atom. The van der Waals surface area contributed by atoms with Crippen molar-refractivity contribution in [1.82, 2.24) is 19.5 Å². The molecule has 0 fully saturated rings. The van der Waals surface area contributed by atoms with E-state index in [1.807, 2.05) is 4.57 Å². The van der Waals surface area contributed by atoms with E-state index in [-0.39, 0.29) is 5.69 Å². The van der Waals surface area contributed by atoms with Crippen molar-refractivity contribution >= 4 is 16.7 Å². The van der Waals surface area contributed by atoms with Gasteiger partial charge >= 0.3 is 0 Å². The van der Waals surface area contributed by atoms with Crippen LogP contribution in [0.2, 0.25) is 0 Å². The van der Waals surface area contributed by atoms with Crippen molar-refractivity contribution in [2.24, 2.45) is 0 Å². The Kier molecular flexibility index (Phi) is 2.64. The largest absolute Gasteiger partial charge is 0.324 e.